The summed E-state index contributed by atoms with van der Waals surface area (Å²) in [6.45, 7) is 0.925. The molecule has 51 heavy (non-hydrogen) atoms. The summed E-state index contributed by atoms with van der Waals surface area (Å²) in [5, 5.41) is 62.2. The molecule has 0 saturated carbocycles. The number of rotatable bonds is 24. The van der Waals surface area contributed by atoms with Gasteiger partial charge in [0, 0.05) is 12.6 Å². The largest absolute Gasteiger partial charge is 0.481 e. The van der Waals surface area contributed by atoms with Crippen LogP contribution in [0.2, 0.25) is 0 Å². The van der Waals surface area contributed by atoms with Gasteiger partial charge in [0.1, 0.15) is 42.4 Å². The summed E-state index contributed by atoms with van der Waals surface area (Å²) < 4.78 is 20.9. The maximum absolute atomic E-state index is 11.6. The number of unbranched alkanes of at least 4 members (excludes halogenated alkanes) is 14. The summed E-state index contributed by atoms with van der Waals surface area (Å²) in [5.41, 5.74) is 4.52. The molecule has 1 aromatic rings. The van der Waals surface area contributed by atoms with Crippen molar-refractivity contribution < 1.29 is 68.9 Å². The highest BCUT2D eigenvalue weighted by atomic mass is 31.2. The van der Waals surface area contributed by atoms with Crippen LogP contribution in [0, 0.1) is 0 Å². The third-order valence-corrected chi connectivity index (χ3v) is 8.42. The van der Waals surface area contributed by atoms with Crippen molar-refractivity contribution in [3.63, 3.8) is 0 Å². The number of aldehydes is 1. The molecule has 3 unspecified atom stereocenters. The highest BCUT2D eigenvalue weighted by Gasteiger charge is 2.45. The van der Waals surface area contributed by atoms with Gasteiger partial charge in [0.05, 0.1) is 13.2 Å². The van der Waals surface area contributed by atoms with Crippen molar-refractivity contribution in [3.8, 4) is 0 Å². The van der Waals surface area contributed by atoms with Crippen LogP contribution in [0.25, 0.3) is 0 Å². The van der Waals surface area contributed by atoms with Crippen LogP contribution >= 0.6 is 7.82 Å². The first kappa shape index (κ1) is 48.6. The van der Waals surface area contributed by atoms with Crippen LogP contribution in [0.15, 0.2) is 17.1 Å². The normalized spacial score (nSPS) is 20.3. The average Bonchev–Trinajstić information content (AvgIpc) is 3.36. The fourth-order valence-corrected chi connectivity index (χ4v) is 5.29. The number of carboxylic acids is 1. The molecular formula is C32H60N3O15P. The first-order valence-corrected chi connectivity index (χ1v) is 19.0. The fourth-order valence-electron chi connectivity index (χ4n) is 4.95. The number of anilines is 1. The van der Waals surface area contributed by atoms with E-state index < -0.39 is 75.5 Å². The van der Waals surface area contributed by atoms with E-state index in [2.05, 4.69) is 16.4 Å². The maximum atomic E-state index is 11.6. The number of carboxylic acid groups (broad SMARTS) is 1. The van der Waals surface area contributed by atoms with Gasteiger partial charge in [0.15, 0.2) is 12.5 Å². The van der Waals surface area contributed by atoms with Crippen molar-refractivity contribution in [1.82, 2.24) is 9.55 Å². The van der Waals surface area contributed by atoms with Gasteiger partial charge in [-0.2, -0.15) is 4.98 Å². The molecule has 0 aromatic carbocycles. The van der Waals surface area contributed by atoms with Crippen LogP contribution in [-0.2, 0) is 23.4 Å². The minimum absolute atomic E-state index is 0.0225. The molecule has 2 rings (SSSR count). The van der Waals surface area contributed by atoms with Crippen LogP contribution < -0.4 is 11.4 Å². The van der Waals surface area contributed by atoms with Gasteiger partial charge < -0.3 is 60.8 Å². The number of nitrogens with two attached hydrogens (primary N) is 1. The van der Waals surface area contributed by atoms with E-state index in [-0.39, 0.29) is 12.1 Å². The van der Waals surface area contributed by atoms with Crippen LogP contribution in [0.5, 0.6) is 0 Å². The lowest BCUT2D eigenvalue weighted by molar-refractivity contribution is -0.137. The highest BCUT2D eigenvalue weighted by molar-refractivity contribution is 7.46. The van der Waals surface area contributed by atoms with Crippen molar-refractivity contribution in [2.45, 2.75) is 153 Å². The Labute approximate surface area is 298 Å². The molecule has 11 N–H and O–H groups in total. The lowest BCUT2D eigenvalue weighted by Gasteiger charge is -2.16. The Morgan fingerprint density at radius 1 is 0.961 bits per heavy atom. The molecule has 1 saturated heterocycles. The molecule has 0 amide bonds. The minimum atomic E-state index is -4.74. The Balaban J connectivity index is 0.000000783. The minimum Gasteiger partial charge on any atom is -0.481 e. The summed E-state index contributed by atoms with van der Waals surface area (Å²) in [6, 6.07) is 1.29. The van der Waals surface area contributed by atoms with Gasteiger partial charge in [0.25, 0.3) is 0 Å². The third-order valence-electron chi connectivity index (χ3n) is 7.93. The zero-order valence-electron chi connectivity index (χ0n) is 29.4. The number of hydrogen-bond acceptors (Lipinski definition) is 14. The van der Waals surface area contributed by atoms with Crippen molar-refractivity contribution in [2.75, 3.05) is 18.9 Å². The number of phosphoric ester groups is 1. The molecule has 7 atom stereocenters. The van der Waals surface area contributed by atoms with E-state index in [1.54, 1.807) is 0 Å². The lowest BCUT2D eigenvalue weighted by Crippen LogP contribution is -2.40. The summed E-state index contributed by atoms with van der Waals surface area (Å²) in [5.74, 6) is -0.676. The fraction of sp³-hybridized carbons (Fsp3) is 0.812. The summed E-state index contributed by atoms with van der Waals surface area (Å²) in [7, 11) is -4.74. The third kappa shape index (κ3) is 23.0. The number of carbonyl (C=O) groups is 2. The highest BCUT2D eigenvalue weighted by Crippen LogP contribution is 2.38. The van der Waals surface area contributed by atoms with Gasteiger partial charge in [-0.15, -0.1) is 0 Å². The molecule has 0 spiro atoms. The molecular weight excluding hydrogens is 697 g/mol. The first-order valence-electron chi connectivity index (χ1n) is 17.5. The van der Waals surface area contributed by atoms with E-state index in [9.17, 15) is 29.2 Å². The van der Waals surface area contributed by atoms with Gasteiger partial charge >= 0.3 is 19.5 Å². The molecule has 2 heterocycles. The lowest BCUT2D eigenvalue weighted by atomic mass is 10.0. The van der Waals surface area contributed by atoms with Crippen LogP contribution in [-0.4, -0.2) is 117 Å². The van der Waals surface area contributed by atoms with Crippen LogP contribution in [0.4, 0.5) is 5.82 Å². The monoisotopic (exact) mass is 757 g/mol. The number of aliphatic carboxylic acids is 1. The van der Waals surface area contributed by atoms with E-state index in [0.29, 0.717) is 6.42 Å². The second kappa shape index (κ2) is 28.2. The van der Waals surface area contributed by atoms with Gasteiger partial charge in [-0.1, -0.05) is 96.8 Å². The molecule has 1 aliphatic rings. The van der Waals surface area contributed by atoms with Gasteiger partial charge in [-0.25, -0.2) is 9.36 Å². The number of nitrogens with zero attached hydrogens (tertiary/aromatic N) is 2. The van der Waals surface area contributed by atoms with E-state index >= 15 is 0 Å². The number of hydrogen-bond donors (Lipinski definition) is 10. The van der Waals surface area contributed by atoms with Crippen molar-refractivity contribution >= 4 is 25.9 Å². The van der Waals surface area contributed by atoms with Gasteiger partial charge in [0.2, 0.25) is 0 Å². The standard InChI is InChI=1S/C18H36O2.C9H14N3O8P.C5H10O5/c1-2-3-4-5-6-7-8-9-10-11-12-13-14-15-16-17-18(19)20;10-5-1-2-12(9(15)11-5)8-7(14)6(13)4(20-8)3-19-21(16,17)18;6-1-3(8)5(10)4(9)2-7/h2-17H2,1H3,(H,19,20);1-2,4,6-8,13-14H,3H2,(H2,10,11,15)(H2,16,17,18);1,3-5,7-10H,2H2/t;4-,6-,7-,8-;/m.1./s1. The van der Waals surface area contributed by atoms with E-state index in [4.69, 9.17) is 45.8 Å². The molecule has 0 bridgehead atoms. The average molecular weight is 758 g/mol. The van der Waals surface area contributed by atoms with E-state index in [1.165, 1.54) is 95.7 Å². The second-order valence-electron chi connectivity index (χ2n) is 12.3. The quantitative estimate of drug-likeness (QED) is 0.0402. The van der Waals surface area contributed by atoms with Crippen molar-refractivity contribution in [1.29, 1.82) is 0 Å². The summed E-state index contributed by atoms with van der Waals surface area (Å²) in [6.07, 6.45) is 11.3. The molecule has 0 radical (unpaired) electrons. The molecule has 19 heteroatoms. The van der Waals surface area contributed by atoms with Gasteiger partial charge in [-0.3, -0.25) is 13.9 Å². The number of carbonyl (C=O) groups excluding carboxylic acids is 1. The molecule has 1 fully saturated rings. The molecule has 18 nitrogen and oxygen atoms in total. The van der Waals surface area contributed by atoms with Crippen molar-refractivity contribution in [3.05, 3.63) is 22.7 Å². The van der Waals surface area contributed by atoms with Gasteiger partial charge in [-0.05, 0) is 12.5 Å². The molecule has 298 valence electrons. The Kier molecular flexibility index (Phi) is 26.9. The Morgan fingerprint density at radius 2 is 1.45 bits per heavy atom. The topological polar surface area (TPSA) is 313 Å². The SMILES string of the molecule is CCCCCCCCCCCCCCCCCC(=O)O.Nc1ccn([C@@H]2O[C@H](COP(=O)(O)O)[C@@H](O)[C@H]2O)c(=O)n1.O=CC(O)C(O)C(O)CO. The maximum Gasteiger partial charge on any atom is 0.469 e. The number of phosphoric acid groups is 1. The Hall–Kier alpha value is -2.35. The number of aliphatic hydroxyl groups is 6. The first-order chi connectivity index (χ1) is 24.1. The van der Waals surface area contributed by atoms with Crippen LogP contribution in [0.3, 0.4) is 0 Å². The predicted molar refractivity (Wildman–Crippen MR) is 185 cm³/mol. The number of aliphatic hydroxyl groups excluding tert-OH is 6. The molecule has 1 aliphatic heterocycles. The second-order valence-corrected chi connectivity index (χ2v) is 13.6. The van der Waals surface area contributed by atoms with Crippen LogP contribution in [0.1, 0.15) is 116 Å². The summed E-state index contributed by atoms with van der Waals surface area (Å²) >= 11 is 0. The summed E-state index contributed by atoms with van der Waals surface area (Å²) in [4.78, 5) is 52.4. The Morgan fingerprint density at radius 3 is 1.86 bits per heavy atom. The number of aromatic nitrogens is 2. The Bertz CT molecular complexity index is 1170. The number of ether oxygens (including phenoxy) is 1. The predicted octanol–water partition coefficient (Wildman–Crippen LogP) is 1.15. The number of nitrogen functional groups attached to an aromatic ring is 1. The zero-order valence-corrected chi connectivity index (χ0v) is 30.3. The smallest absolute Gasteiger partial charge is 0.469 e. The zero-order chi connectivity index (χ0) is 38.8. The molecule has 0 aliphatic carbocycles. The van der Waals surface area contributed by atoms with Crippen molar-refractivity contribution in [2.24, 2.45) is 0 Å². The molecule has 1 aromatic heterocycles. The van der Waals surface area contributed by atoms with E-state index in [1.807, 2.05) is 0 Å². The van der Waals surface area contributed by atoms with E-state index in [0.717, 1.165) is 17.4 Å².